The highest BCUT2D eigenvalue weighted by atomic mass is 33.1. The van der Waals surface area contributed by atoms with E-state index in [1.165, 1.54) is 65.3 Å². The van der Waals surface area contributed by atoms with E-state index in [0.29, 0.717) is 0 Å². The van der Waals surface area contributed by atoms with E-state index in [9.17, 15) is 0 Å². The summed E-state index contributed by atoms with van der Waals surface area (Å²) in [5, 5.41) is 0.977. The van der Waals surface area contributed by atoms with Gasteiger partial charge in [0, 0.05) is 19.3 Å². The van der Waals surface area contributed by atoms with Crippen molar-refractivity contribution < 1.29 is 0 Å². The van der Waals surface area contributed by atoms with Crippen LogP contribution in [-0.4, -0.2) is 51.3 Å². The average Bonchev–Trinajstić information content (AvgIpc) is 2.17. The molecule has 104 valence electrons. The summed E-state index contributed by atoms with van der Waals surface area (Å²) in [6, 6.07) is 0. The molecular weight excluding hydrogens is 337 g/mol. The van der Waals surface area contributed by atoms with Gasteiger partial charge in [-0.25, -0.2) is 0 Å². The molecule has 0 radical (unpaired) electrons. The van der Waals surface area contributed by atoms with Crippen LogP contribution in [0.2, 0.25) is 0 Å². The summed E-state index contributed by atoms with van der Waals surface area (Å²) in [6.45, 7) is 0. The lowest BCUT2D eigenvalue weighted by Gasteiger charge is -2.21. The first-order valence-electron chi connectivity index (χ1n) is 6.86. The van der Waals surface area contributed by atoms with E-state index < -0.39 is 0 Å². The highest BCUT2D eigenvalue weighted by molar-refractivity contribution is 8.77. The van der Waals surface area contributed by atoms with Crippen molar-refractivity contribution in [2.45, 2.75) is 24.5 Å². The molecule has 0 aromatic heterocycles. The van der Waals surface area contributed by atoms with Crippen LogP contribution in [0.25, 0.3) is 0 Å². The molecule has 0 saturated carbocycles. The van der Waals surface area contributed by atoms with Crippen molar-refractivity contribution in [1.29, 1.82) is 0 Å². The molecule has 0 spiro atoms. The Morgan fingerprint density at radius 1 is 0.667 bits per heavy atom. The van der Waals surface area contributed by atoms with Gasteiger partial charge in [-0.05, 0) is 0 Å². The van der Waals surface area contributed by atoms with E-state index in [1.807, 2.05) is 0 Å². The Morgan fingerprint density at radius 2 is 1.11 bits per heavy atom. The van der Waals surface area contributed by atoms with Crippen molar-refractivity contribution in [2.24, 2.45) is 0 Å². The summed E-state index contributed by atoms with van der Waals surface area (Å²) >= 11 is 0. The molecule has 3 fully saturated rings. The molecule has 0 atom stereocenters. The SMILES string of the molecule is C1C[S+](SCC(CS[S+]2CCC2)S[S+]2CCC2)C1. The monoisotopic (exact) mass is 359 g/mol. The van der Waals surface area contributed by atoms with Gasteiger partial charge in [-0.3, -0.25) is 0 Å². The Kier molecular flexibility index (Phi) is 6.61. The van der Waals surface area contributed by atoms with Gasteiger partial charge in [-0.1, -0.05) is 0 Å². The highest BCUT2D eigenvalue weighted by Gasteiger charge is 2.38. The van der Waals surface area contributed by atoms with Crippen LogP contribution in [0.1, 0.15) is 19.3 Å². The van der Waals surface area contributed by atoms with Gasteiger partial charge >= 0.3 is 0 Å². The van der Waals surface area contributed by atoms with Crippen molar-refractivity contribution in [3.05, 3.63) is 0 Å². The zero-order valence-electron chi connectivity index (χ0n) is 10.8. The van der Waals surface area contributed by atoms with E-state index in [1.54, 1.807) is 0 Å². The highest BCUT2D eigenvalue weighted by Crippen LogP contribution is 2.38. The van der Waals surface area contributed by atoms with Crippen molar-refractivity contribution >= 4 is 62.2 Å². The minimum atomic E-state index is 0.772. The minimum absolute atomic E-state index is 0.772. The summed E-state index contributed by atoms with van der Waals surface area (Å²) in [6.07, 6.45) is 4.53. The quantitative estimate of drug-likeness (QED) is 0.482. The van der Waals surface area contributed by atoms with E-state index in [4.69, 9.17) is 0 Å². The van der Waals surface area contributed by atoms with Crippen molar-refractivity contribution in [3.63, 3.8) is 0 Å². The standard InChI is InChI=1S/C12H23S6/c1-4-16(5-1)13-10-12(15-18-8-3-9-18)11-14-17-6-2-7-17/h12H,1-11H2/q+3. The first-order valence-corrected chi connectivity index (χ1v) is 16.0. The summed E-state index contributed by atoms with van der Waals surface area (Å²) in [7, 11) is 9.37. The average molecular weight is 360 g/mol. The second-order valence-electron chi connectivity index (χ2n) is 4.89. The molecule has 3 rings (SSSR count). The third-order valence-electron chi connectivity index (χ3n) is 3.35. The molecule has 0 bridgehead atoms. The molecular formula is C12H23S6+3. The third kappa shape index (κ3) is 4.55. The van der Waals surface area contributed by atoms with Crippen LogP contribution in [0.15, 0.2) is 0 Å². The Hall–Kier alpha value is 2.10. The van der Waals surface area contributed by atoms with E-state index in [0.717, 1.165) is 35.0 Å². The fraction of sp³-hybridized carbons (Fsp3) is 1.00. The fourth-order valence-electron chi connectivity index (χ4n) is 1.76. The normalized spacial score (nSPS) is 25.8. The van der Waals surface area contributed by atoms with Crippen LogP contribution < -0.4 is 0 Å². The molecule has 0 unspecified atom stereocenters. The van der Waals surface area contributed by atoms with Crippen LogP contribution >= 0.6 is 32.4 Å². The van der Waals surface area contributed by atoms with E-state index in [2.05, 4.69) is 32.4 Å². The largest absolute Gasteiger partial charge is 0.124 e. The molecule has 0 nitrogen and oxygen atoms in total. The van der Waals surface area contributed by atoms with Gasteiger partial charge < -0.3 is 0 Å². The lowest BCUT2D eigenvalue weighted by atomic mass is 10.5. The second-order valence-corrected chi connectivity index (χ2v) is 18.2. The van der Waals surface area contributed by atoms with E-state index >= 15 is 0 Å². The maximum Gasteiger partial charge on any atom is 0.124 e. The molecule has 3 heterocycles. The molecule has 3 aliphatic heterocycles. The van der Waals surface area contributed by atoms with E-state index in [-0.39, 0.29) is 0 Å². The van der Waals surface area contributed by atoms with Gasteiger partial charge in [-0.2, -0.15) is 0 Å². The van der Waals surface area contributed by atoms with Gasteiger partial charge in [0.15, 0.2) is 0 Å². The molecule has 0 amide bonds. The van der Waals surface area contributed by atoms with Crippen LogP contribution in [0.5, 0.6) is 0 Å². The van der Waals surface area contributed by atoms with Crippen LogP contribution in [-0.2, 0) is 29.8 Å². The topological polar surface area (TPSA) is 0 Å². The summed E-state index contributed by atoms with van der Waals surface area (Å²) < 4.78 is 0. The zero-order valence-corrected chi connectivity index (χ0v) is 15.7. The molecule has 3 saturated heterocycles. The minimum Gasteiger partial charge on any atom is 0.0392 e. The fourth-order valence-corrected chi connectivity index (χ4v) is 15.2. The Balaban J connectivity index is 1.36. The van der Waals surface area contributed by atoms with Crippen LogP contribution in [0, 0.1) is 0 Å². The zero-order chi connectivity index (χ0) is 12.2. The second kappa shape index (κ2) is 7.92. The molecule has 0 aromatic rings. The lowest BCUT2D eigenvalue weighted by molar-refractivity contribution is 1.05. The van der Waals surface area contributed by atoms with Crippen molar-refractivity contribution in [1.82, 2.24) is 0 Å². The molecule has 6 heteroatoms. The molecule has 3 aliphatic rings. The maximum absolute atomic E-state index is 2.38. The number of hydrogen-bond donors (Lipinski definition) is 0. The van der Waals surface area contributed by atoms with Gasteiger partial charge in [-0.15, -0.1) is 0 Å². The molecule has 18 heavy (non-hydrogen) atoms. The Morgan fingerprint density at radius 3 is 1.44 bits per heavy atom. The predicted octanol–water partition coefficient (Wildman–Crippen LogP) is 3.37. The molecule has 0 aliphatic carbocycles. The van der Waals surface area contributed by atoms with Gasteiger partial charge in [0.2, 0.25) is 0 Å². The van der Waals surface area contributed by atoms with Crippen molar-refractivity contribution in [3.8, 4) is 0 Å². The predicted molar refractivity (Wildman–Crippen MR) is 101 cm³/mol. The summed E-state index contributed by atoms with van der Waals surface area (Å²) in [5.74, 6) is 12.1. The Bertz CT molecular complexity index is 231. The number of rotatable bonds is 8. The first-order chi connectivity index (χ1) is 8.90. The third-order valence-corrected chi connectivity index (χ3v) is 18.3. The first kappa shape index (κ1) is 15.0. The lowest BCUT2D eigenvalue weighted by Crippen LogP contribution is -2.28. The number of hydrogen-bond acceptors (Lipinski definition) is 3. The van der Waals surface area contributed by atoms with Crippen LogP contribution in [0.4, 0.5) is 0 Å². The summed E-state index contributed by atoms with van der Waals surface area (Å²) in [4.78, 5) is 0. The maximum atomic E-state index is 2.38. The van der Waals surface area contributed by atoms with Gasteiger partial charge in [0.1, 0.15) is 34.5 Å². The van der Waals surface area contributed by atoms with Gasteiger partial charge in [0.05, 0.1) is 78.9 Å². The van der Waals surface area contributed by atoms with Crippen LogP contribution in [0.3, 0.4) is 0 Å². The smallest absolute Gasteiger partial charge is 0.0392 e. The van der Waals surface area contributed by atoms with Gasteiger partial charge in [0.25, 0.3) is 0 Å². The molecule has 0 aromatic carbocycles. The summed E-state index contributed by atoms with van der Waals surface area (Å²) in [5.41, 5.74) is 0. The Labute approximate surface area is 132 Å². The molecule has 0 N–H and O–H groups in total. The van der Waals surface area contributed by atoms with Crippen molar-refractivity contribution in [2.75, 3.05) is 46.0 Å².